The van der Waals surface area contributed by atoms with Gasteiger partial charge in [0.15, 0.2) is 0 Å². The molecule has 0 bridgehead atoms. The highest BCUT2D eigenvalue weighted by molar-refractivity contribution is 6.42. The molecule has 0 unspecified atom stereocenters. The first kappa shape index (κ1) is 23.0. The molecule has 31 heavy (non-hydrogen) atoms. The molecule has 1 atom stereocenters. The van der Waals surface area contributed by atoms with Crippen molar-refractivity contribution in [2.24, 2.45) is 32.6 Å². The second kappa shape index (κ2) is 10.6. The Morgan fingerprint density at radius 2 is 2.03 bits per heavy atom. The molecule has 1 fully saturated rings. The first-order valence-electron chi connectivity index (χ1n) is 9.94. The molecule has 1 aliphatic rings. The van der Waals surface area contributed by atoms with E-state index < -0.39 is 0 Å². The van der Waals surface area contributed by atoms with Gasteiger partial charge in [-0.05, 0) is 54.2 Å². The molecule has 0 spiro atoms. The highest BCUT2D eigenvalue weighted by Gasteiger charge is 2.26. The normalized spacial score (nSPS) is 18.1. The number of hydrogen-bond donors (Lipinski definition) is 2. The molecule has 2 aromatic rings. The van der Waals surface area contributed by atoms with Crippen molar-refractivity contribution in [3.63, 3.8) is 0 Å². The molecule has 3 rings (SSSR count). The number of nitrogens with two attached hydrogens (primary N) is 2. The zero-order valence-electron chi connectivity index (χ0n) is 17.2. The lowest BCUT2D eigenvalue weighted by Crippen LogP contribution is -2.41. The zero-order chi connectivity index (χ0) is 22.4. The van der Waals surface area contributed by atoms with E-state index >= 15 is 0 Å². The lowest BCUT2D eigenvalue weighted by molar-refractivity contribution is 0.264. The minimum Gasteiger partial charge on any atom is -0.386 e. The number of nitrogens with zero attached hydrogens (tertiary/aromatic N) is 4. The van der Waals surface area contributed by atoms with Gasteiger partial charge in [-0.15, -0.1) is 0 Å². The lowest BCUT2D eigenvalue weighted by Gasteiger charge is -2.35. The summed E-state index contributed by atoms with van der Waals surface area (Å²) >= 11 is 12.3. The molecule has 6 nitrogen and oxygen atoms in total. The Morgan fingerprint density at radius 3 is 2.74 bits per heavy atom. The molecule has 0 saturated carbocycles. The average molecular weight is 463 g/mol. The second-order valence-electron chi connectivity index (χ2n) is 7.42. The van der Waals surface area contributed by atoms with Crippen LogP contribution in [0.15, 0.2) is 51.5 Å². The Bertz CT molecular complexity index is 1020. The Balaban J connectivity index is 2.05. The number of benzene rings is 2. The Hall–Kier alpha value is -2.64. The Labute approximate surface area is 191 Å². The van der Waals surface area contributed by atoms with Gasteiger partial charge in [-0.25, -0.2) is 9.38 Å². The predicted molar refractivity (Wildman–Crippen MR) is 128 cm³/mol. The molecule has 0 radical (unpaired) electrons. The van der Waals surface area contributed by atoms with Crippen LogP contribution < -0.4 is 11.6 Å². The van der Waals surface area contributed by atoms with Gasteiger partial charge in [-0.1, -0.05) is 35.3 Å². The van der Waals surface area contributed by atoms with Crippen LogP contribution >= 0.6 is 23.2 Å². The van der Waals surface area contributed by atoms with Gasteiger partial charge in [0.05, 0.1) is 10.0 Å². The van der Waals surface area contributed by atoms with E-state index in [9.17, 15) is 4.39 Å². The number of hydrazone groups is 1. The summed E-state index contributed by atoms with van der Waals surface area (Å²) in [5, 5.41) is 4.48. The minimum absolute atomic E-state index is 0.270. The van der Waals surface area contributed by atoms with Crippen LogP contribution in [0.2, 0.25) is 10.0 Å². The first-order chi connectivity index (χ1) is 14.9. The van der Waals surface area contributed by atoms with Gasteiger partial charge in [-0.3, -0.25) is 4.99 Å². The third kappa shape index (κ3) is 5.74. The standard InChI is InChI=1S/C22H25Cl2FN6/c1-28-13-29-22(31-8-2-3-14(12-31)9-21(26)30-27)18-11-16(25)5-6-17(18)15-4-7-19(23)20(24)10-15/h4-7,10-11,13-14H,2-3,8-9,12,27H2,1H3,(H2,26,30)/t14-/m1/s1. The molecule has 4 N–H and O–H groups in total. The van der Waals surface area contributed by atoms with Crippen LogP contribution in [0, 0.1) is 11.7 Å². The van der Waals surface area contributed by atoms with Gasteiger partial charge < -0.3 is 16.5 Å². The Kier molecular flexibility index (Phi) is 7.87. The van der Waals surface area contributed by atoms with Crippen molar-refractivity contribution in [1.82, 2.24) is 4.90 Å². The molecule has 0 amide bonds. The highest BCUT2D eigenvalue weighted by Crippen LogP contribution is 2.32. The van der Waals surface area contributed by atoms with Crippen molar-refractivity contribution in [3.8, 4) is 11.1 Å². The van der Waals surface area contributed by atoms with Crippen molar-refractivity contribution in [1.29, 1.82) is 0 Å². The predicted octanol–water partition coefficient (Wildman–Crippen LogP) is 4.54. The first-order valence-corrected chi connectivity index (χ1v) is 10.7. The van der Waals surface area contributed by atoms with Gasteiger partial charge in [0.1, 0.15) is 23.8 Å². The molecule has 164 valence electrons. The molecule has 1 heterocycles. The summed E-state index contributed by atoms with van der Waals surface area (Å²) in [7, 11) is 1.64. The van der Waals surface area contributed by atoms with E-state index in [1.165, 1.54) is 18.5 Å². The summed E-state index contributed by atoms with van der Waals surface area (Å²) in [6, 6.07) is 9.98. The van der Waals surface area contributed by atoms with Crippen LogP contribution in [0.5, 0.6) is 0 Å². The fraction of sp³-hybridized carbons (Fsp3) is 0.318. The van der Waals surface area contributed by atoms with Crippen LogP contribution in [-0.2, 0) is 0 Å². The van der Waals surface area contributed by atoms with E-state index in [1.54, 1.807) is 25.2 Å². The summed E-state index contributed by atoms with van der Waals surface area (Å²) in [5.74, 6) is 6.28. The van der Waals surface area contributed by atoms with E-state index in [2.05, 4.69) is 20.0 Å². The third-order valence-corrected chi connectivity index (χ3v) is 5.97. The van der Waals surface area contributed by atoms with E-state index in [0.717, 1.165) is 30.5 Å². The van der Waals surface area contributed by atoms with Crippen molar-refractivity contribution in [2.45, 2.75) is 19.3 Å². The topological polar surface area (TPSA) is 92.4 Å². The molecule has 0 aliphatic carbocycles. The lowest BCUT2D eigenvalue weighted by atomic mass is 9.92. The molecule has 0 aromatic heterocycles. The molecule has 1 aliphatic heterocycles. The van der Waals surface area contributed by atoms with Gasteiger partial charge in [0.2, 0.25) is 0 Å². The quantitative estimate of drug-likeness (QED) is 0.295. The zero-order valence-corrected chi connectivity index (χ0v) is 18.7. The smallest absolute Gasteiger partial charge is 0.138 e. The second-order valence-corrected chi connectivity index (χ2v) is 8.24. The highest BCUT2D eigenvalue weighted by atomic mass is 35.5. The van der Waals surface area contributed by atoms with Gasteiger partial charge >= 0.3 is 0 Å². The molecule has 2 aromatic carbocycles. The minimum atomic E-state index is -0.354. The number of amidine groups is 2. The maximum absolute atomic E-state index is 14.4. The van der Waals surface area contributed by atoms with Crippen LogP contribution in [-0.4, -0.2) is 43.0 Å². The van der Waals surface area contributed by atoms with Gasteiger partial charge in [0.25, 0.3) is 0 Å². The summed E-state index contributed by atoms with van der Waals surface area (Å²) < 4.78 is 14.4. The van der Waals surface area contributed by atoms with Crippen molar-refractivity contribution >= 4 is 41.2 Å². The summed E-state index contributed by atoms with van der Waals surface area (Å²) in [5.41, 5.74) is 8.12. The number of likely N-dealkylation sites (tertiary alicyclic amines) is 1. The van der Waals surface area contributed by atoms with E-state index in [1.807, 2.05) is 6.07 Å². The van der Waals surface area contributed by atoms with Crippen molar-refractivity contribution < 1.29 is 4.39 Å². The summed E-state index contributed by atoms with van der Waals surface area (Å²) in [6.45, 7) is 1.48. The number of hydrogen-bond acceptors (Lipinski definition) is 3. The SMILES string of the molecule is CN=CN=C(c1cc(F)ccc1-c1ccc(Cl)c(Cl)c1)N1CCC[C@H](C/C(N)=N/N)C1. The maximum Gasteiger partial charge on any atom is 0.138 e. The molecule has 1 saturated heterocycles. The summed E-state index contributed by atoms with van der Waals surface area (Å²) in [6.07, 6.45) is 4.02. The van der Waals surface area contributed by atoms with E-state index in [0.29, 0.717) is 40.2 Å². The average Bonchev–Trinajstić information content (AvgIpc) is 2.76. The number of aliphatic imine (C=N–C) groups is 2. The number of halogens is 3. The number of piperidine rings is 1. The third-order valence-electron chi connectivity index (χ3n) is 5.23. The number of rotatable bonds is 5. The van der Waals surface area contributed by atoms with Crippen LogP contribution in [0.3, 0.4) is 0 Å². The van der Waals surface area contributed by atoms with Crippen LogP contribution in [0.1, 0.15) is 24.8 Å². The van der Waals surface area contributed by atoms with Crippen LogP contribution in [0.4, 0.5) is 4.39 Å². The maximum atomic E-state index is 14.4. The van der Waals surface area contributed by atoms with Gasteiger partial charge in [0, 0.05) is 32.1 Å². The van der Waals surface area contributed by atoms with Gasteiger partial charge in [-0.2, -0.15) is 5.10 Å². The fourth-order valence-corrected chi connectivity index (χ4v) is 4.12. The molecule has 9 heteroatoms. The largest absolute Gasteiger partial charge is 0.386 e. The summed E-state index contributed by atoms with van der Waals surface area (Å²) in [4.78, 5) is 10.7. The van der Waals surface area contributed by atoms with E-state index in [-0.39, 0.29) is 11.7 Å². The van der Waals surface area contributed by atoms with Crippen LogP contribution in [0.25, 0.3) is 11.1 Å². The monoisotopic (exact) mass is 462 g/mol. The molecular weight excluding hydrogens is 438 g/mol. The molecular formula is C22H25Cl2FN6. The van der Waals surface area contributed by atoms with Crippen molar-refractivity contribution in [3.05, 3.63) is 57.8 Å². The van der Waals surface area contributed by atoms with Crippen molar-refractivity contribution in [2.75, 3.05) is 20.1 Å². The van der Waals surface area contributed by atoms with E-state index in [4.69, 9.17) is 34.8 Å². The Morgan fingerprint density at radius 1 is 1.23 bits per heavy atom. The fourth-order valence-electron chi connectivity index (χ4n) is 3.82.